The molecule has 0 radical (unpaired) electrons. The van der Waals surface area contributed by atoms with Gasteiger partial charge in [0, 0.05) is 26.4 Å². The molecule has 238 valence electrons. The highest BCUT2D eigenvalue weighted by atomic mass is 16.7. The lowest BCUT2D eigenvalue weighted by molar-refractivity contribution is 0.0501. The fourth-order valence-corrected chi connectivity index (χ4v) is 3.97. The Hall–Kier alpha value is -4.68. The van der Waals surface area contributed by atoms with Crippen molar-refractivity contribution < 1.29 is 48.4 Å². The molecule has 11 heteroatoms. The first-order valence-electron chi connectivity index (χ1n) is 13.8. The summed E-state index contributed by atoms with van der Waals surface area (Å²) in [4.78, 5) is 21.9. The molecule has 3 N–H and O–H groups in total. The number of ether oxygens (including phenoxy) is 5. The van der Waals surface area contributed by atoms with Crippen LogP contribution in [-0.4, -0.2) is 62.7 Å². The van der Waals surface area contributed by atoms with E-state index in [4.69, 9.17) is 33.7 Å². The minimum absolute atomic E-state index is 0.0454. The topological polar surface area (TPSA) is 141 Å². The van der Waals surface area contributed by atoms with E-state index in [9.17, 15) is 14.7 Å². The second kappa shape index (κ2) is 18.9. The van der Waals surface area contributed by atoms with Crippen molar-refractivity contribution in [3.63, 3.8) is 0 Å². The summed E-state index contributed by atoms with van der Waals surface area (Å²) in [6.07, 6.45) is 1.47. The van der Waals surface area contributed by atoms with Crippen molar-refractivity contribution in [1.82, 2.24) is 0 Å². The van der Waals surface area contributed by atoms with Gasteiger partial charge in [-0.15, -0.1) is 0 Å². The summed E-state index contributed by atoms with van der Waals surface area (Å²) in [7, 11) is 1.66. The molecule has 0 aliphatic carbocycles. The number of methoxy groups -OCH3 is 2. The number of hydrogen-bond donors (Lipinski definition) is 3. The zero-order valence-corrected chi connectivity index (χ0v) is 26.3. The molecule has 0 aromatic heterocycles. The van der Waals surface area contributed by atoms with Gasteiger partial charge in [-0.1, -0.05) is 42.0 Å². The summed E-state index contributed by atoms with van der Waals surface area (Å²) in [5.74, 6) is 2.22. The standard InChI is InChI=1S/C17H18O4.C10H12O4.C7H9BO2/c1-12-5-4-6-14(7-12)21-15-8-13(2)16(10-18)17(9-15)20-11-19-3;1-7-3-8(12)4-10(9(7)5-11)14-6-13-2;1-6-3-2-4-7(5-6)8(9)10/h4-10H,11H2,1-3H3;3-5,12H,6H2,1-2H3;2-5,9-10H,1H3. The van der Waals surface area contributed by atoms with Crippen molar-refractivity contribution in [3.05, 3.63) is 106 Å². The summed E-state index contributed by atoms with van der Waals surface area (Å²) in [5.41, 5.74) is 5.09. The van der Waals surface area contributed by atoms with Gasteiger partial charge in [0.2, 0.25) is 0 Å². The van der Waals surface area contributed by atoms with Crippen molar-refractivity contribution in [2.24, 2.45) is 0 Å². The lowest BCUT2D eigenvalue weighted by Gasteiger charge is -2.13. The molecule has 0 aliphatic rings. The van der Waals surface area contributed by atoms with Crippen molar-refractivity contribution in [3.8, 4) is 28.7 Å². The molecule has 45 heavy (non-hydrogen) atoms. The van der Waals surface area contributed by atoms with Crippen molar-refractivity contribution in [2.75, 3.05) is 27.8 Å². The van der Waals surface area contributed by atoms with Crippen LogP contribution in [0, 0.1) is 27.7 Å². The Balaban J connectivity index is 0.000000254. The lowest BCUT2D eigenvalue weighted by atomic mass is 9.80. The zero-order chi connectivity index (χ0) is 33.4. The Kier molecular flexibility index (Phi) is 15.3. The first-order chi connectivity index (χ1) is 21.5. The summed E-state index contributed by atoms with van der Waals surface area (Å²) in [6.45, 7) is 7.60. The number of aldehydes is 2. The second-order valence-corrected chi connectivity index (χ2v) is 9.87. The van der Waals surface area contributed by atoms with E-state index in [0.717, 1.165) is 28.7 Å². The van der Waals surface area contributed by atoms with E-state index in [-0.39, 0.29) is 19.3 Å². The zero-order valence-electron chi connectivity index (χ0n) is 26.3. The van der Waals surface area contributed by atoms with Crippen LogP contribution in [0.15, 0.2) is 72.8 Å². The van der Waals surface area contributed by atoms with Crippen LogP contribution in [0.4, 0.5) is 0 Å². The number of hydrogen-bond acceptors (Lipinski definition) is 10. The average molecular weight is 618 g/mol. The van der Waals surface area contributed by atoms with Gasteiger partial charge >= 0.3 is 7.12 Å². The maximum Gasteiger partial charge on any atom is 0.488 e. The maximum absolute atomic E-state index is 11.2. The number of phenols is 1. The van der Waals surface area contributed by atoms with Gasteiger partial charge in [-0.2, -0.15) is 0 Å². The smallest absolute Gasteiger partial charge is 0.488 e. The second-order valence-electron chi connectivity index (χ2n) is 9.87. The monoisotopic (exact) mass is 618 g/mol. The molecule has 4 rings (SSSR count). The van der Waals surface area contributed by atoms with Crippen LogP contribution >= 0.6 is 0 Å². The third-order valence-corrected chi connectivity index (χ3v) is 6.12. The molecule has 0 bridgehead atoms. The van der Waals surface area contributed by atoms with Gasteiger partial charge in [0.15, 0.2) is 26.2 Å². The van der Waals surface area contributed by atoms with E-state index in [1.165, 1.54) is 26.4 Å². The molecule has 0 aliphatic heterocycles. The molecule has 0 spiro atoms. The van der Waals surface area contributed by atoms with Crippen molar-refractivity contribution in [1.29, 1.82) is 0 Å². The minimum Gasteiger partial charge on any atom is -0.508 e. The fraction of sp³-hybridized carbons (Fsp3) is 0.235. The molecule has 0 saturated heterocycles. The average Bonchev–Trinajstić information content (AvgIpc) is 2.99. The Morgan fingerprint density at radius 2 is 1.20 bits per heavy atom. The normalized spacial score (nSPS) is 9.96. The Labute approximate surface area is 263 Å². The number of aryl methyl sites for hydroxylation is 4. The van der Waals surface area contributed by atoms with Crippen LogP contribution in [0.1, 0.15) is 43.0 Å². The van der Waals surface area contributed by atoms with E-state index < -0.39 is 7.12 Å². The molecular weight excluding hydrogens is 579 g/mol. The van der Waals surface area contributed by atoms with E-state index in [2.05, 4.69) is 0 Å². The van der Waals surface area contributed by atoms with Crippen LogP contribution < -0.4 is 19.7 Å². The van der Waals surface area contributed by atoms with E-state index in [1.54, 1.807) is 31.2 Å². The summed E-state index contributed by atoms with van der Waals surface area (Å²) < 4.78 is 26.0. The molecule has 0 atom stereocenters. The highest BCUT2D eigenvalue weighted by Gasteiger charge is 2.11. The molecule has 0 unspecified atom stereocenters. The van der Waals surface area contributed by atoms with Crippen LogP contribution in [0.2, 0.25) is 0 Å². The van der Waals surface area contributed by atoms with E-state index in [0.29, 0.717) is 45.7 Å². The molecule has 10 nitrogen and oxygen atoms in total. The lowest BCUT2D eigenvalue weighted by Crippen LogP contribution is -2.29. The van der Waals surface area contributed by atoms with Gasteiger partial charge in [-0.3, -0.25) is 9.59 Å². The summed E-state index contributed by atoms with van der Waals surface area (Å²) in [6, 6.07) is 21.3. The summed E-state index contributed by atoms with van der Waals surface area (Å²) in [5, 5.41) is 26.7. The number of benzene rings is 4. The highest BCUT2D eigenvalue weighted by molar-refractivity contribution is 6.58. The molecule has 0 amide bonds. The van der Waals surface area contributed by atoms with Gasteiger partial charge in [0.1, 0.15) is 28.7 Å². The number of aromatic hydroxyl groups is 1. The predicted octanol–water partition coefficient (Wildman–Crippen LogP) is 5.06. The van der Waals surface area contributed by atoms with Gasteiger partial charge in [0.25, 0.3) is 0 Å². The van der Waals surface area contributed by atoms with Crippen LogP contribution in [-0.2, 0) is 9.47 Å². The highest BCUT2D eigenvalue weighted by Crippen LogP contribution is 2.31. The largest absolute Gasteiger partial charge is 0.508 e. The molecule has 4 aromatic rings. The Bertz CT molecular complexity index is 1540. The van der Waals surface area contributed by atoms with Crippen molar-refractivity contribution in [2.45, 2.75) is 27.7 Å². The SMILES string of the molecule is COCOc1cc(O)cc(C)c1C=O.COCOc1cc(Oc2cccc(C)c2)cc(C)c1C=O.Cc1cccc(B(O)O)c1. The van der Waals surface area contributed by atoms with Gasteiger partial charge in [0.05, 0.1) is 11.1 Å². The molecule has 0 saturated carbocycles. The van der Waals surface area contributed by atoms with Gasteiger partial charge < -0.3 is 38.8 Å². The minimum atomic E-state index is -1.35. The van der Waals surface area contributed by atoms with Crippen LogP contribution in [0.3, 0.4) is 0 Å². The third-order valence-electron chi connectivity index (χ3n) is 6.12. The quantitative estimate of drug-likeness (QED) is 0.119. The summed E-state index contributed by atoms with van der Waals surface area (Å²) >= 11 is 0. The first kappa shape index (κ1) is 36.5. The van der Waals surface area contributed by atoms with Gasteiger partial charge in [-0.05, 0) is 74.1 Å². The van der Waals surface area contributed by atoms with Crippen LogP contribution in [0.5, 0.6) is 28.7 Å². The number of phenolic OH excluding ortho intramolecular Hbond substituents is 1. The predicted molar refractivity (Wildman–Crippen MR) is 172 cm³/mol. The number of carbonyl (C=O) groups excluding carboxylic acids is 2. The van der Waals surface area contributed by atoms with Crippen molar-refractivity contribution >= 4 is 25.2 Å². The maximum atomic E-state index is 11.2. The van der Waals surface area contributed by atoms with E-state index >= 15 is 0 Å². The number of rotatable bonds is 11. The molecule has 4 aromatic carbocycles. The molecular formula is C34H39BO10. The molecule has 0 fully saturated rings. The third kappa shape index (κ3) is 12.1. The fourth-order valence-electron chi connectivity index (χ4n) is 3.97. The Morgan fingerprint density at radius 3 is 1.69 bits per heavy atom. The first-order valence-corrected chi connectivity index (χ1v) is 13.8. The molecule has 0 heterocycles. The van der Waals surface area contributed by atoms with Crippen LogP contribution in [0.25, 0.3) is 0 Å². The van der Waals surface area contributed by atoms with Gasteiger partial charge in [-0.25, -0.2) is 0 Å². The Morgan fingerprint density at radius 1 is 0.667 bits per heavy atom. The van der Waals surface area contributed by atoms with E-state index in [1.807, 2.05) is 57.2 Å². The number of carbonyl (C=O) groups is 2.